The summed E-state index contributed by atoms with van der Waals surface area (Å²) >= 11 is 0. The van der Waals surface area contributed by atoms with Crippen molar-refractivity contribution in [2.75, 3.05) is 0 Å². The molecule has 0 aromatic heterocycles. The highest BCUT2D eigenvalue weighted by Gasteiger charge is 2.40. The third-order valence-electron chi connectivity index (χ3n) is 2.99. The summed E-state index contributed by atoms with van der Waals surface area (Å²) < 4.78 is 10.6. The first-order chi connectivity index (χ1) is 10.7. The highest BCUT2D eigenvalue weighted by molar-refractivity contribution is 5.87. The van der Waals surface area contributed by atoms with Gasteiger partial charge >= 0.3 is 11.9 Å². The van der Waals surface area contributed by atoms with E-state index in [1.54, 1.807) is 41.5 Å². The summed E-state index contributed by atoms with van der Waals surface area (Å²) in [4.78, 5) is 24.5. The molecule has 0 fully saturated rings. The highest BCUT2D eigenvalue weighted by Crippen LogP contribution is 2.31. The van der Waals surface area contributed by atoms with E-state index in [1.165, 1.54) is 6.08 Å². The van der Waals surface area contributed by atoms with Crippen molar-refractivity contribution in [1.82, 2.24) is 0 Å². The third-order valence-corrected chi connectivity index (χ3v) is 2.99. The number of carbonyl (C=O) groups excluding carboxylic acids is 2. The number of carbonyl (C=O) groups is 2. The molecular formula is C19H31NO4. The summed E-state index contributed by atoms with van der Waals surface area (Å²) in [5.74, 6) is -0.914. The Kier molecular flexibility index (Phi) is 7.69. The fourth-order valence-corrected chi connectivity index (χ4v) is 1.82. The third kappa shape index (κ3) is 8.71. The molecule has 0 saturated carbocycles. The lowest BCUT2D eigenvalue weighted by Gasteiger charge is -2.27. The van der Waals surface area contributed by atoms with Crippen molar-refractivity contribution in [3.05, 3.63) is 12.2 Å². The molecule has 136 valence electrons. The van der Waals surface area contributed by atoms with Crippen LogP contribution in [0.3, 0.4) is 0 Å². The lowest BCUT2D eigenvalue weighted by atomic mass is 9.82. The van der Waals surface area contributed by atoms with Crippen LogP contribution in [0.1, 0.15) is 68.2 Å². The van der Waals surface area contributed by atoms with E-state index in [4.69, 9.17) is 9.47 Å². The van der Waals surface area contributed by atoms with Crippen molar-refractivity contribution in [1.29, 1.82) is 5.26 Å². The number of rotatable bonds is 6. The second-order valence-electron chi connectivity index (χ2n) is 8.38. The Morgan fingerprint density at radius 1 is 1.04 bits per heavy atom. The fourth-order valence-electron chi connectivity index (χ4n) is 1.82. The number of esters is 2. The van der Waals surface area contributed by atoms with Crippen LogP contribution in [0.25, 0.3) is 0 Å². The Balaban J connectivity index is 5.49. The van der Waals surface area contributed by atoms with E-state index in [-0.39, 0.29) is 6.42 Å². The SMILES string of the molecule is CC(C)CCC(C#N)(/C=C/C(=O)OC(C)(C)C)C(=O)OC(C)(C)C. The van der Waals surface area contributed by atoms with Crippen LogP contribution in [-0.2, 0) is 19.1 Å². The molecule has 0 aliphatic carbocycles. The van der Waals surface area contributed by atoms with Crippen molar-refractivity contribution >= 4 is 11.9 Å². The summed E-state index contributed by atoms with van der Waals surface area (Å²) in [7, 11) is 0. The molecule has 0 radical (unpaired) electrons. The van der Waals surface area contributed by atoms with E-state index in [0.717, 1.165) is 6.08 Å². The molecule has 0 aromatic carbocycles. The zero-order valence-corrected chi connectivity index (χ0v) is 16.2. The van der Waals surface area contributed by atoms with E-state index in [0.29, 0.717) is 12.3 Å². The summed E-state index contributed by atoms with van der Waals surface area (Å²) in [5, 5.41) is 9.65. The Labute approximate surface area is 146 Å². The van der Waals surface area contributed by atoms with Gasteiger partial charge in [-0.2, -0.15) is 5.26 Å². The number of hydrogen-bond acceptors (Lipinski definition) is 5. The van der Waals surface area contributed by atoms with E-state index in [1.807, 2.05) is 19.9 Å². The number of hydrogen-bond donors (Lipinski definition) is 0. The monoisotopic (exact) mass is 337 g/mol. The molecule has 0 N–H and O–H groups in total. The molecule has 0 amide bonds. The van der Waals surface area contributed by atoms with Gasteiger partial charge in [0.05, 0.1) is 6.07 Å². The van der Waals surface area contributed by atoms with Gasteiger partial charge in [-0.25, -0.2) is 9.59 Å². The predicted octanol–water partition coefficient (Wildman–Crippen LogP) is 4.17. The molecule has 0 aromatic rings. The van der Waals surface area contributed by atoms with Crippen LogP contribution >= 0.6 is 0 Å². The van der Waals surface area contributed by atoms with Crippen LogP contribution < -0.4 is 0 Å². The molecule has 0 aliphatic heterocycles. The lowest BCUT2D eigenvalue weighted by Crippen LogP contribution is -2.36. The first-order valence-electron chi connectivity index (χ1n) is 8.28. The topological polar surface area (TPSA) is 76.4 Å². The van der Waals surface area contributed by atoms with E-state index in [9.17, 15) is 14.9 Å². The normalized spacial score (nSPS) is 15.0. The molecule has 0 spiro atoms. The molecule has 5 nitrogen and oxygen atoms in total. The van der Waals surface area contributed by atoms with Crippen LogP contribution in [0, 0.1) is 22.7 Å². The van der Waals surface area contributed by atoms with Gasteiger partial charge in [-0.15, -0.1) is 0 Å². The quantitative estimate of drug-likeness (QED) is 0.537. The fraction of sp³-hybridized carbons (Fsp3) is 0.737. The van der Waals surface area contributed by atoms with Crippen LogP contribution in [0.15, 0.2) is 12.2 Å². The summed E-state index contributed by atoms with van der Waals surface area (Å²) in [6.07, 6.45) is 3.41. The average Bonchev–Trinajstić information content (AvgIpc) is 2.35. The van der Waals surface area contributed by atoms with Gasteiger partial charge in [-0.1, -0.05) is 13.8 Å². The van der Waals surface area contributed by atoms with Gasteiger partial charge in [0.2, 0.25) is 0 Å². The Morgan fingerprint density at radius 3 is 1.92 bits per heavy atom. The minimum absolute atomic E-state index is 0.287. The van der Waals surface area contributed by atoms with Crippen molar-refractivity contribution in [2.24, 2.45) is 11.3 Å². The first kappa shape index (κ1) is 22.2. The van der Waals surface area contributed by atoms with Gasteiger partial charge in [0.25, 0.3) is 0 Å². The minimum Gasteiger partial charge on any atom is -0.459 e. The van der Waals surface area contributed by atoms with Gasteiger partial charge < -0.3 is 9.47 Å². The van der Waals surface area contributed by atoms with Gasteiger partial charge in [0.15, 0.2) is 5.41 Å². The maximum atomic E-state index is 12.6. The zero-order valence-electron chi connectivity index (χ0n) is 16.2. The van der Waals surface area contributed by atoms with E-state index < -0.39 is 28.6 Å². The maximum absolute atomic E-state index is 12.6. The number of ether oxygens (including phenoxy) is 2. The van der Waals surface area contributed by atoms with Crippen LogP contribution in [0.5, 0.6) is 0 Å². The van der Waals surface area contributed by atoms with E-state index in [2.05, 4.69) is 0 Å². The van der Waals surface area contributed by atoms with Gasteiger partial charge in [0.1, 0.15) is 11.2 Å². The molecule has 0 rings (SSSR count). The molecule has 0 saturated heterocycles. The average molecular weight is 337 g/mol. The molecule has 1 atom stereocenters. The molecule has 0 bridgehead atoms. The number of nitriles is 1. The number of nitrogens with zero attached hydrogens (tertiary/aromatic N) is 1. The summed E-state index contributed by atoms with van der Waals surface area (Å²) in [5.41, 5.74) is -2.84. The lowest BCUT2D eigenvalue weighted by molar-refractivity contribution is -0.162. The molecule has 24 heavy (non-hydrogen) atoms. The van der Waals surface area contributed by atoms with Crippen molar-refractivity contribution in [3.63, 3.8) is 0 Å². The van der Waals surface area contributed by atoms with E-state index >= 15 is 0 Å². The van der Waals surface area contributed by atoms with Crippen LogP contribution in [-0.4, -0.2) is 23.1 Å². The Bertz CT molecular complexity index is 515. The van der Waals surface area contributed by atoms with Gasteiger partial charge in [-0.05, 0) is 66.4 Å². The smallest absolute Gasteiger partial charge is 0.331 e. The largest absolute Gasteiger partial charge is 0.459 e. The molecule has 0 aliphatic rings. The van der Waals surface area contributed by atoms with Crippen molar-refractivity contribution < 1.29 is 19.1 Å². The highest BCUT2D eigenvalue weighted by atomic mass is 16.6. The Hall–Kier alpha value is -1.83. The van der Waals surface area contributed by atoms with Crippen molar-refractivity contribution in [3.8, 4) is 6.07 Å². The van der Waals surface area contributed by atoms with Crippen LogP contribution in [0.4, 0.5) is 0 Å². The Morgan fingerprint density at radius 2 is 1.54 bits per heavy atom. The van der Waals surface area contributed by atoms with Crippen molar-refractivity contribution in [2.45, 2.75) is 79.4 Å². The van der Waals surface area contributed by atoms with Gasteiger partial charge in [-0.3, -0.25) is 0 Å². The second-order valence-corrected chi connectivity index (χ2v) is 8.38. The standard InChI is InChI=1S/C19H31NO4/c1-14(2)9-11-19(13-20,16(22)24-18(6,7)8)12-10-15(21)23-17(3,4)5/h10,12,14H,9,11H2,1-8H3/b12-10+. The summed E-state index contributed by atoms with van der Waals surface area (Å²) in [6, 6.07) is 2.04. The maximum Gasteiger partial charge on any atom is 0.331 e. The minimum atomic E-state index is -1.49. The molecule has 0 heterocycles. The van der Waals surface area contributed by atoms with Gasteiger partial charge in [0, 0.05) is 6.08 Å². The first-order valence-corrected chi connectivity index (χ1v) is 8.28. The van der Waals surface area contributed by atoms with Crippen LogP contribution in [0.2, 0.25) is 0 Å². The second kappa shape index (κ2) is 8.32. The molecule has 1 unspecified atom stereocenters. The zero-order chi connectivity index (χ0) is 19.2. The summed E-state index contributed by atoms with van der Waals surface area (Å²) in [6.45, 7) is 14.5. The predicted molar refractivity (Wildman–Crippen MR) is 92.9 cm³/mol. The molecular weight excluding hydrogens is 306 g/mol. The molecule has 5 heteroatoms.